The maximum atomic E-state index is 16.2. The highest BCUT2D eigenvalue weighted by Crippen LogP contribution is 2.69. The zero-order valence-corrected chi connectivity index (χ0v) is 83.5. The summed E-state index contributed by atoms with van der Waals surface area (Å²) in [6.07, 6.45) is -8.96. The van der Waals surface area contributed by atoms with Gasteiger partial charge in [-0.1, -0.05) is 152 Å². The van der Waals surface area contributed by atoms with Crippen molar-refractivity contribution in [2.24, 2.45) is 57.2 Å². The Hall–Kier alpha value is -9.20. The maximum absolute atomic E-state index is 16.2. The fourth-order valence-electron chi connectivity index (χ4n) is 23.0. The molecule has 2 aromatic carbocycles. The maximum Gasteiger partial charge on any atom is 0.417 e. The third kappa shape index (κ3) is 20.6. The van der Waals surface area contributed by atoms with Crippen molar-refractivity contribution in [1.82, 2.24) is 15.5 Å². The van der Waals surface area contributed by atoms with E-state index in [0.717, 1.165) is 35.5 Å². The van der Waals surface area contributed by atoms with Crippen molar-refractivity contribution in [3.8, 4) is 0 Å². The van der Waals surface area contributed by atoms with E-state index < -0.39 is 236 Å². The van der Waals surface area contributed by atoms with Gasteiger partial charge in [-0.15, -0.1) is 22.7 Å². The number of aliphatic hydroxyl groups is 3. The molecule has 34 heteroatoms. The SMILES string of the molecule is C.C.C.CC(=O)O[C@@]12CO[C@@H]1C[C@H](C)[C@@]1(C)C(=O)[C@H](OC(=O)C3CCCC3)C3=C(C)[C@@H](O)C[C@@](O)([C@@H](OC(=O)c4ccccc4)[C@H]21)C3(C)C.CNC(C)(C)O[C@H]1C(=O)N(C(=O)OC(C)C)[C@H]1c1cccs1.COC(C)(C)O[C@@H](C(=O)O[C@H]1C[C@@]2(O)[C@@H](OC(=O)c3ccccc3)[C@@H]3[C@]4(OC(C)=O)CO[C@@H]4C[C@H](C)[C@@]3(C)C(=O)[C@H](OC(=O)C3CCCC3)C(=C1C)C2(C)C)[C@@H](NC(=O)OC(C)C)c1cccs1. The second kappa shape index (κ2) is 42.8. The van der Waals surface area contributed by atoms with Gasteiger partial charge in [-0.2, -0.15) is 0 Å². The van der Waals surface area contributed by atoms with Gasteiger partial charge in [0.1, 0.15) is 59.5 Å². The van der Waals surface area contributed by atoms with Gasteiger partial charge >= 0.3 is 54.0 Å². The summed E-state index contributed by atoms with van der Waals surface area (Å²) >= 11 is 2.73. The normalized spacial score (nSPS) is 32.4. The summed E-state index contributed by atoms with van der Waals surface area (Å²) in [6.45, 7) is 33.3. The molecule has 4 bridgehead atoms. The number of methoxy groups -OCH3 is 1. The standard InChI is InChI=1S/C51H67NO15S.C36H46O10.C15H22N2O4S.3CH4/c1-27(2)62-46(58)52-37(34-22-17-23-68-34)39(67-48(8,9)60-11)45(57)63-33-25-51(59)42(65-44(56)32-18-13-12-14-19-32)40-49(10,28(3)24-35-50(40,26-61-35)66-30(5)53)41(54)38(36(29(33)4)47(51,6)7)64-43(55)31-20-15-16-21-31;1-19-16-25-35(18-43-25,46-21(3)37)28-30(45-32(41)23-12-8-7-9-13-23)36(42)17-24(38)20(2)26(33(36,4)5)27(29(39)34(19,28)6)44-31(40)22-14-10-11-15-22;1-9(2)20-14(19)17-11(10-7-6-8-22-10)12(13(17)18)21-15(3,4)16-5;;;/h12-14,17-19,22-23,27-28,31,33,35,37-40,42,59H,15-16,20-21,24-26H2,1-11H3,(H,52,58);7-9,12-13,19,22,24-25,27-28,30,38,42H,10-11,14-18H2,1-6H3;6-9,11-12,16H,1-5H3;3*1H4/t28-,33-,35+,37-,38+,39+,40-,42-,49+,50-,51+;19-,24-,25+,27+,28-,30-,34+,35-,36+;11-,12+;;;/m000.../s1. The highest BCUT2D eigenvalue weighted by Gasteiger charge is 2.80. The van der Waals surface area contributed by atoms with Gasteiger partial charge in [-0.05, 0) is 196 Å². The molecule has 9 fully saturated rings. The smallest absolute Gasteiger partial charge is 0.417 e. The van der Waals surface area contributed by atoms with E-state index in [4.69, 9.17) is 66.3 Å². The summed E-state index contributed by atoms with van der Waals surface area (Å²) in [5, 5.41) is 48.3. The van der Waals surface area contributed by atoms with Crippen LogP contribution in [0.1, 0.15) is 280 Å². The number of hydrogen-bond donors (Lipinski definition) is 5. The minimum Gasteiger partial charge on any atom is -0.456 e. The van der Waals surface area contributed by atoms with Gasteiger partial charge < -0.3 is 87.0 Å². The molecule has 15 rings (SSSR count). The van der Waals surface area contributed by atoms with E-state index in [1.165, 1.54) is 43.6 Å². The number of thiophene rings is 2. The molecular formula is C105H147N3O29S2. The third-order valence-corrected chi connectivity index (χ3v) is 33.1. The van der Waals surface area contributed by atoms with Crippen molar-refractivity contribution in [2.45, 2.75) is 357 Å². The second-order valence-electron chi connectivity index (χ2n) is 41.5. The molecule has 3 saturated heterocycles. The summed E-state index contributed by atoms with van der Waals surface area (Å²) in [6, 6.07) is 22.1. The molecule has 11 aliphatic rings. The number of hydrogen-bond acceptors (Lipinski definition) is 32. The highest BCUT2D eigenvalue weighted by atomic mass is 32.1. The fourth-order valence-corrected chi connectivity index (χ4v) is 24.7. The number of imide groups is 1. The van der Waals surface area contributed by atoms with Crippen molar-refractivity contribution in [3.05, 3.63) is 139 Å². The number of benzene rings is 2. The first-order chi connectivity index (χ1) is 63.8. The number of carbonyl (C=O) groups excluding carboxylic acids is 12. The number of Topliss-reactive ketones (excluding diaryl/α,β-unsaturated/α-hetero) is 2. The number of nitrogens with zero attached hydrogens (tertiary/aromatic N) is 1. The Morgan fingerprint density at radius 1 is 0.576 bits per heavy atom. The first-order valence-electron chi connectivity index (χ1n) is 47.3. The van der Waals surface area contributed by atoms with E-state index in [1.54, 1.807) is 182 Å². The molecule has 32 nitrogen and oxygen atoms in total. The molecule has 8 aliphatic carbocycles. The predicted molar refractivity (Wildman–Crippen MR) is 514 cm³/mol. The zero-order valence-electron chi connectivity index (χ0n) is 81.9. The lowest BCUT2D eigenvalue weighted by Gasteiger charge is -2.68. The van der Waals surface area contributed by atoms with Crippen molar-refractivity contribution in [3.63, 3.8) is 0 Å². The number of nitrogens with one attached hydrogen (secondary N) is 2. The number of carbonyl (C=O) groups is 12. The summed E-state index contributed by atoms with van der Waals surface area (Å²) in [4.78, 5) is 170. The number of aliphatic hydroxyl groups excluding tert-OH is 1. The Bertz CT molecular complexity index is 5190. The Balaban J connectivity index is 0.000000240. The summed E-state index contributed by atoms with van der Waals surface area (Å²) in [5.41, 5.74) is -12.4. The molecule has 768 valence electrons. The molecule has 0 spiro atoms. The van der Waals surface area contributed by atoms with Crippen LogP contribution < -0.4 is 10.6 Å². The van der Waals surface area contributed by atoms with Crippen molar-refractivity contribution < 1.29 is 139 Å². The fraction of sp³-hybridized carbons (Fsp3) is 0.657. The van der Waals surface area contributed by atoms with Gasteiger partial charge in [0.15, 0.2) is 53.0 Å². The number of alkyl carbamates (subject to hydrolysis) is 1. The van der Waals surface area contributed by atoms with Gasteiger partial charge in [0.25, 0.3) is 5.91 Å². The van der Waals surface area contributed by atoms with E-state index in [-0.39, 0.29) is 83.0 Å². The van der Waals surface area contributed by atoms with Gasteiger partial charge in [0.2, 0.25) is 0 Å². The minimum absolute atomic E-state index is 0. The van der Waals surface area contributed by atoms with E-state index >= 15 is 14.4 Å². The van der Waals surface area contributed by atoms with Crippen LogP contribution in [0, 0.1) is 57.2 Å². The molecule has 22 atom stereocenters. The van der Waals surface area contributed by atoms with Crippen LogP contribution in [0.25, 0.3) is 0 Å². The van der Waals surface area contributed by atoms with Crippen LogP contribution in [0.3, 0.4) is 0 Å². The van der Waals surface area contributed by atoms with E-state index in [9.17, 15) is 58.5 Å². The van der Waals surface area contributed by atoms with E-state index in [1.807, 2.05) is 45.2 Å². The van der Waals surface area contributed by atoms with E-state index in [0.29, 0.717) is 53.7 Å². The van der Waals surface area contributed by atoms with Crippen LogP contribution in [0.2, 0.25) is 0 Å². The summed E-state index contributed by atoms with van der Waals surface area (Å²) in [7, 11) is 3.15. The van der Waals surface area contributed by atoms with Crippen LogP contribution >= 0.6 is 22.7 Å². The van der Waals surface area contributed by atoms with Crippen LogP contribution in [0.4, 0.5) is 9.59 Å². The molecule has 139 heavy (non-hydrogen) atoms. The second-order valence-corrected chi connectivity index (χ2v) is 43.4. The van der Waals surface area contributed by atoms with Crippen LogP contribution in [0.5, 0.6) is 0 Å². The molecule has 2 aromatic heterocycles. The Morgan fingerprint density at radius 2 is 1.01 bits per heavy atom. The van der Waals surface area contributed by atoms with Gasteiger partial charge in [0.05, 0.1) is 66.3 Å². The van der Waals surface area contributed by atoms with E-state index in [2.05, 4.69) is 10.6 Å². The van der Waals surface area contributed by atoms with Crippen molar-refractivity contribution in [2.75, 3.05) is 27.4 Å². The molecular weight excluding hydrogens is 1830 g/mol. The molecule has 5 heterocycles. The summed E-state index contributed by atoms with van der Waals surface area (Å²) in [5.74, 6) is -11.9. The molecule has 4 aromatic rings. The summed E-state index contributed by atoms with van der Waals surface area (Å²) < 4.78 is 85.3. The number of rotatable bonds is 24. The molecule has 3 aliphatic heterocycles. The quantitative estimate of drug-likeness (QED) is 0.0143. The van der Waals surface area contributed by atoms with Gasteiger partial charge in [-0.3, -0.25) is 38.9 Å². The Morgan fingerprint density at radius 3 is 1.41 bits per heavy atom. The number of ketones is 2. The first-order valence-corrected chi connectivity index (χ1v) is 49.1. The van der Waals surface area contributed by atoms with Crippen molar-refractivity contribution >= 4 is 94.1 Å². The number of fused-ring (bicyclic) bond motifs is 10. The molecule has 0 radical (unpaired) electrons. The predicted octanol–water partition coefficient (Wildman–Crippen LogP) is 15.9. The molecule has 6 saturated carbocycles. The molecule has 0 unspecified atom stereocenters. The van der Waals surface area contributed by atoms with Gasteiger partial charge in [-0.25, -0.2) is 28.9 Å². The number of amides is 3. The Kier molecular flexibility index (Phi) is 34.4. The van der Waals surface area contributed by atoms with Crippen molar-refractivity contribution in [1.29, 1.82) is 0 Å². The number of likely N-dealkylation sites (tertiary alicyclic amines) is 1. The number of ether oxygens (including phenoxy) is 14. The zero-order chi connectivity index (χ0) is 99.6. The first kappa shape index (κ1) is 112. The van der Waals surface area contributed by atoms with Crippen LogP contribution in [-0.2, 0) is 105 Å². The van der Waals surface area contributed by atoms with Crippen LogP contribution in [-0.4, -0.2) is 226 Å². The molecule has 3 amide bonds. The third-order valence-electron chi connectivity index (χ3n) is 31.2. The van der Waals surface area contributed by atoms with Crippen LogP contribution in [0.15, 0.2) is 118 Å². The average molecular weight is 1980 g/mol. The highest BCUT2D eigenvalue weighted by molar-refractivity contribution is 7.10. The largest absolute Gasteiger partial charge is 0.456 e. The average Bonchev–Trinajstić information content (AvgIpc) is 0.928. The number of esters is 7. The lowest BCUT2D eigenvalue weighted by molar-refractivity contribution is -0.340. The topological polar surface area (TPSA) is 422 Å². The lowest BCUT2D eigenvalue weighted by atomic mass is 9.43. The lowest BCUT2D eigenvalue weighted by Crippen LogP contribution is -2.81. The van der Waals surface area contributed by atoms with Gasteiger partial charge in [0, 0.05) is 65.2 Å². The minimum atomic E-state index is -2.28. The Labute approximate surface area is 824 Å². The number of β-lactam (4-membered cyclic amide) rings is 1. The molecule has 5 N–H and O–H groups in total. The monoisotopic (exact) mass is 1980 g/mol.